The Morgan fingerprint density at radius 3 is 2.51 bits per heavy atom. The summed E-state index contributed by atoms with van der Waals surface area (Å²) in [5.41, 5.74) is 5.23. The van der Waals surface area contributed by atoms with E-state index in [4.69, 9.17) is 18.6 Å². The number of unbranched alkanes of at least 4 members (excludes halogenated alkanes) is 2. The molecule has 2 amide bonds. The van der Waals surface area contributed by atoms with E-state index in [-0.39, 0.29) is 30.4 Å². The van der Waals surface area contributed by atoms with Gasteiger partial charge in [-0.25, -0.2) is 17.9 Å². The van der Waals surface area contributed by atoms with Crippen LogP contribution in [0.2, 0.25) is 0 Å². The fraction of sp³-hybridized carbons (Fsp3) is 0.346. The summed E-state index contributed by atoms with van der Waals surface area (Å²) >= 11 is 0. The molecule has 0 atom stereocenters. The largest absolute Gasteiger partial charge is 0.486 e. The van der Waals surface area contributed by atoms with Crippen LogP contribution in [0.1, 0.15) is 31.2 Å². The Labute approximate surface area is 224 Å². The molecule has 4 rings (SSSR count). The van der Waals surface area contributed by atoms with Crippen molar-refractivity contribution in [1.29, 1.82) is 0 Å². The number of aryl methyl sites for hydroxylation is 1. The zero-order valence-electron chi connectivity index (χ0n) is 21.3. The first-order valence-corrected chi connectivity index (χ1v) is 13.8. The minimum absolute atomic E-state index is 0.0909. The fourth-order valence-corrected chi connectivity index (χ4v) is 4.94. The number of amides is 2. The van der Waals surface area contributed by atoms with Crippen molar-refractivity contribution < 1.29 is 36.6 Å². The van der Waals surface area contributed by atoms with Crippen molar-refractivity contribution >= 4 is 32.8 Å². The summed E-state index contributed by atoms with van der Waals surface area (Å²) in [4.78, 5) is 35.6. The highest BCUT2D eigenvalue weighted by Gasteiger charge is 2.19. The second-order valence-corrected chi connectivity index (χ2v) is 10.6. The van der Waals surface area contributed by atoms with Crippen molar-refractivity contribution in [2.45, 2.75) is 37.5 Å². The van der Waals surface area contributed by atoms with Crippen LogP contribution in [-0.2, 0) is 19.6 Å². The van der Waals surface area contributed by atoms with Crippen molar-refractivity contribution in [2.75, 3.05) is 26.4 Å². The van der Waals surface area contributed by atoms with Crippen LogP contribution in [-0.4, -0.2) is 46.6 Å². The second kappa shape index (κ2) is 12.6. The van der Waals surface area contributed by atoms with Crippen molar-refractivity contribution in [1.82, 2.24) is 15.6 Å². The van der Waals surface area contributed by atoms with Crippen molar-refractivity contribution in [3.05, 3.63) is 58.4 Å². The van der Waals surface area contributed by atoms with Crippen LogP contribution in [0.5, 0.6) is 17.2 Å². The average Bonchev–Trinajstić information content (AvgIpc) is 2.92. The molecule has 0 spiro atoms. The van der Waals surface area contributed by atoms with Gasteiger partial charge in [0.05, 0.1) is 4.90 Å². The highest BCUT2D eigenvalue weighted by Crippen LogP contribution is 2.32. The highest BCUT2D eigenvalue weighted by molar-refractivity contribution is 7.89. The number of carbonyl (C=O) groups is 2. The quantitative estimate of drug-likeness (QED) is 0.181. The van der Waals surface area contributed by atoms with Gasteiger partial charge in [0, 0.05) is 36.6 Å². The van der Waals surface area contributed by atoms with Crippen LogP contribution in [0.15, 0.2) is 56.6 Å². The SMILES string of the molecule is Cc1cc(=O)oc2cc(OCC(=O)NNC(=O)CCCCCNS(=O)(=O)c3ccc4c(c3)OCCO4)ccc12. The van der Waals surface area contributed by atoms with Gasteiger partial charge in [0.1, 0.15) is 24.5 Å². The summed E-state index contributed by atoms with van der Waals surface area (Å²) in [6.07, 6.45) is 1.79. The van der Waals surface area contributed by atoms with Gasteiger partial charge < -0.3 is 18.6 Å². The van der Waals surface area contributed by atoms with E-state index in [1.807, 2.05) is 0 Å². The zero-order valence-corrected chi connectivity index (χ0v) is 22.1. The predicted octanol–water partition coefficient (Wildman–Crippen LogP) is 1.94. The molecule has 12 nitrogen and oxygen atoms in total. The summed E-state index contributed by atoms with van der Waals surface area (Å²) < 4.78 is 48.9. The van der Waals surface area contributed by atoms with Gasteiger partial charge in [-0.2, -0.15) is 0 Å². The van der Waals surface area contributed by atoms with E-state index in [1.54, 1.807) is 25.1 Å². The molecule has 3 aromatic rings. The Hall–Kier alpha value is -4.10. The molecule has 0 radical (unpaired) electrons. The molecule has 0 saturated heterocycles. The molecule has 0 fully saturated rings. The normalized spacial score (nSPS) is 12.6. The lowest BCUT2D eigenvalue weighted by Gasteiger charge is -2.18. The third kappa shape index (κ3) is 7.71. The van der Waals surface area contributed by atoms with Crippen molar-refractivity contribution in [3.8, 4) is 17.2 Å². The smallest absolute Gasteiger partial charge is 0.336 e. The molecule has 2 heterocycles. The summed E-state index contributed by atoms with van der Waals surface area (Å²) in [6.45, 7) is 2.43. The molecule has 1 aliphatic rings. The van der Waals surface area contributed by atoms with E-state index >= 15 is 0 Å². The Morgan fingerprint density at radius 1 is 0.923 bits per heavy atom. The van der Waals surface area contributed by atoms with Gasteiger partial charge in [-0.05, 0) is 49.6 Å². The molecule has 39 heavy (non-hydrogen) atoms. The van der Waals surface area contributed by atoms with Gasteiger partial charge in [0.15, 0.2) is 18.1 Å². The van der Waals surface area contributed by atoms with Crippen LogP contribution < -0.4 is 35.4 Å². The number of hydrogen-bond donors (Lipinski definition) is 3. The maximum atomic E-state index is 12.5. The molecule has 0 saturated carbocycles. The summed E-state index contributed by atoms with van der Waals surface area (Å²) in [7, 11) is -3.70. The maximum Gasteiger partial charge on any atom is 0.336 e. The number of hydrazine groups is 1. The summed E-state index contributed by atoms with van der Waals surface area (Å²) in [5.74, 6) is 0.291. The van der Waals surface area contributed by atoms with Gasteiger partial charge in [-0.15, -0.1) is 0 Å². The molecule has 13 heteroatoms. The molecule has 0 unspecified atom stereocenters. The minimum Gasteiger partial charge on any atom is -0.486 e. The molecule has 2 aromatic carbocycles. The molecular weight excluding hydrogens is 530 g/mol. The zero-order chi connectivity index (χ0) is 27.8. The van der Waals surface area contributed by atoms with Crippen LogP contribution >= 0.6 is 0 Å². The molecule has 1 aromatic heterocycles. The van der Waals surface area contributed by atoms with Crippen LogP contribution in [0.4, 0.5) is 0 Å². The van der Waals surface area contributed by atoms with E-state index in [2.05, 4.69) is 15.6 Å². The van der Waals surface area contributed by atoms with E-state index in [9.17, 15) is 22.8 Å². The number of nitrogens with one attached hydrogen (secondary N) is 3. The van der Waals surface area contributed by atoms with Crippen molar-refractivity contribution in [2.24, 2.45) is 0 Å². The highest BCUT2D eigenvalue weighted by atomic mass is 32.2. The Bertz CT molecular complexity index is 1520. The Morgan fingerprint density at radius 2 is 1.69 bits per heavy atom. The molecule has 0 aliphatic carbocycles. The lowest BCUT2D eigenvalue weighted by molar-refractivity contribution is -0.130. The lowest BCUT2D eigenvalue weighted by Crippen LogP contribution is -2.43. The van der Waals surface area contributed by atoms with Gasteiger partial charge in [-0.1, -0.05) is 6.42 Å². The maximum absolute atomic E-state index is 12.5. The fourth-order valence-electron chi connectivity index (χ4n) is 3.85. The number of carbonyl (C=O) groups excluding carboxylic acids is 2. The van der Waals surface area contributed by atoms with E-state index in [0.29, 0.717) is 55.3 Å². The average molecular weight is 560 g/mol. The first-order valence-electron chi connectivity index (χ1n) is 12.4. The minimum atomic E-state index is -3.70. The van der Waals surface area contributed by atoms with Gasteiger partial charge in [-0.3, -0.25) is 20.4 Å². The number of hydrogen-bond acceptors (Lipinski definition) is 9. The van der Waals surface area contributed by atoms with Crippen LogP contribution in [0.25, 0.3) is 11.0 Å². The molecule has 1 aliphatic heterocycles. The Balaban J connectivity index is 1.10. The summed E-state index contributed by atoms with van der Waals surface area (Å²) in [6, 6.07) is 10.8. The van der Waals surface area contributed by atoms with Crippen LogP contribution in [0.3, 0.4) is 0 Å². The first kappa shape index (κ1) is 27.9. The second-order valence-electron chi connectivity index (χ2n) is 8.81. The topological polar surface area (TPSA) is 162 Å². The Kier molecular flexibility index (Phi) is 9.04. The van der Waals surface area contributed by atoms with E-state index in [0.717, 1.165) is 10.9 Å². The monoisotopic (exact) mass is 559 g/mol. The lowest BCUT2D eigenvalue weighted by atomic mass is 10.1. The number of rotatable bonds is 11. The predicted molar refractivity (Wildman–Crippen MR) is 140 cm³/mol. The molecular formula is C26H29N3O9S. The van der Waals surface area contributed by atoms with Crippen molar-refractivity contribution in [3.63, 3.8) is 0 Å². The molecule has 208 valence electrons. The number of benzene rings is 2. The van der Waals surface area contributed by atoms with Gasteiger partial charge >= 0.3 is 5.63 Å². The van der Waals surface area contributed by atoms with E-state index in [1.165, 1.54) is 24.3 Å². The summed E-state index contributed by atoms with van der Waals surface area (Å²) in [5, 5.41) is 0.760. The first-order chi connectivity index (χ1) is 18.7. The third-order valence-corrected chi connectivity index (χ3v) is 7.29. The third-order valence-electron chi connectivity index (χ3n) is 5.83. The van der Waals surface area contributed by atoms with Gasteiger partial charge in [0.2, 0.25) is 15.9 Å². The standard InChI is InChI=1S/C26H29N3O9S/c1-17-13-26(32)38-22-14-18(6-8-20(17)22)37-16-25(31)29-28-24(30)5-3-2-4-10-27-39(33,34)19-7-9-21-23(15-19)36-12-11-35-21/h6-9,13-15,27H,2-5,10-12,16H2,1H3,(H,28,30)(H,29,31). The van der Waals surface area contributed by atoms with Crippen LogP contribution in [0, 0.1) is 6.92 Å². The number of sulfonamides is 1. The van der Waals surface area contributed by atoms with Gasteiger partial charge in [0.25, 0.3) is 5.91 Å². The molecule has 0 bridgehead atoms. The number of fused-ring (bicyclic) bond motifs is 2. The van der Waals surface area contributed by atoms with E-state index < -0.39 is 21.6 Å². The molecule has 3 N–H and O–H groups in total. The number of ether oxygens (including phenoxy) is 3.